The van der Waals surface area contributed by atoms with Crippen LogP contribution >= 0.6 is 0 Å². The van der Waals surface area contributed by atoms with Gasteiger partial charge in [-0.05, 0) is 55.1 Å². The summed E-state index contributed by atoms with van der Waals surface area (Å²) in [5.41, 5.74) is 8.62. The second-order valence-corrected chi connectivity index (χ2v) is 9.38. The van der Waals surface area contributed by atoms with Gasteiger partial charge >= 0.3 is 17.9 Å². The highest BCUT2D eigenvalue weighted by Crippen LogP contribution is 2.33. The van der Waals surface area contributed by atoms with Crippen molar-refractivity contribution < 1.29 is 33.8 Å². The van der Waals surface area contributed by atoms with E-state index in [4.69, 9.17) is 10.5 Å². The number of fused-ring (bicyclic) bond motifs is 1. The van der Waals surface area contributed by atoms with Gasteiger partial charge in [0.15, 0.2) is 0 Å². The molecule has 2 aromatic carbocycles. The number of carbonyl (C=O) groups is 4. The average molecular weight is 510 g/mol. The minimum absolute atomic E-state index is 0.0729. The highest BCUT2D eigenvalue weighted by Gasteiger charge is 2.32. The van der Waals surface area contributed by atoms with Crippen molar-refractivity contribution in [3.63, 3.8) is 0 Å². The number of carboxylic acids is 1. The fraction of sp³-hybridized carbons (Fsp3) is 0.407. The summed E-state index contributed by atoms with van der Waals surface area (Å²) in [5, 5.41) is 9.37. The Hall–Kier alpha value is -3.76. The van der Waals surface area contributed by atoms with Gasteiger partial charge in [-0.15, -0.1) is 0 Å². The lowest BCUT2D eigenvalue weighted by atomic mass is 10.1. The second kappa shape index (κ2) is 11.5. The molecule has 0 aromatic heterocycles. The second-order valence-electron chi connectivity index (χ2n) is 9.38. The van der Waals surface area contributed by atoms with Crippen molar-refractivity contribution >= 4 is 23.8 Å². The number of rotatable bonds is 10. The highest BCUT2D eigenvalue weighted by atomic mass is 16.5. The van der Waals surface area contributed by atoms with E-state index in [2.05, 4.69) is 4.74 Å². The van der Waals surface area contributed by atoms with Crippen LogP contribution in [0.2, 0.25) is 0 Å². The van der Waals surface area contributed by atoms with Crippen molar-refractivity contribution in [2.24, 2.45) is 5.73 Å². The topological polar surface area (TPSA) is 139 Å². The average Bonchev–Trinajstić information content (AvgIpc) is 3.52. The maximum atomic E-state index is 12.9. The number of esters is 2. The zero-order valence-corrected chi connectivity index (χ0v) is 20.7. The summed E-state index contributed by atoms with van der Waals surface area (Å²) in [5.74, 6) is -1.85. The summed E-state index contributed by atoms with van der Waals surface area (Å²) >= 11 is 0. The number of hydrogen-bond donors (Lipinski definition) is 2. The van der Waals surface area contributed by atoms with Crippen LogP contribution < -0.4 is 10.5 Å². The number of ether oxygens (including phenoxy) is 2. The van der Waals surface area contributed by atoms with Gasteiger partial charge in [-0.2, -0.15) is 0 Å². The molecule has 2 aromatic rings. The number of amides is 1. The molecule has 196 valence electrons. The summed E-state index contributed by atoms with van der Waals surface area (Å²) in [6.45, 7) is 2.03. The van der Waals surface area contributed by atoms with Gasteiger partial charge in [-0.3, -0.25) is 24.2 Å². The van der Waals surface area contributed by atoms with Crippen molar-refractivity contribution in [3.05, 3.63) is 64.7 Å². The Labute approximate surface area is 214 Å². The van der Waals surface area contributed by atoms with E-state index >= 15 is 0 Å². The fourth-order valence-electron chi connectivity index (χ4n) is 5.03. The van der Waals surface area contributed by atoms with E-state index in [0.717, 1.165) is 29.7 Å². The standard InChI is InChI=1S/C27H31N3O7/c1-36-24(31)12-11-21(25(28)32)30-15-19-4-2-6-23(20(19)16-30)37-27(35)18-9-7-17(8-10-18)14-29-13-3-5-22(29)26(33)34/h2,4,6-10,21-22H,3,5,11-16H2,1H3,(H2,28,32)(H,33,34). The highest BCUT2D eigenvalue weighted by molar-refractivity contribution is 5.91. The summed E-state index contributed by atoms with van der Waals surface area (Å²) in [7, 11) is 1.30. The predicted molar refractivity (Wildman–Crippen MR) is 132 cm³/mol. The molecule has 4 rings (SSSR count). The first-order valence-electron chi connectivity index (χ1n) is 12.3. The lowest BCUT2D eigenvalue weighted by Gasteiger charge is -2.24. The monoisotopic (exact) mass is 509 g/mol. The number of hydrogen-bond acceptors (Lipinski definition) is 8. The number of carboxylic acid groups (broad SMARTS) is 1. The number of benzene rings is 2. The molecular formula is C27H31N3O7. The minimum Gasteiger partial charge on any atom is -0.480 e. The van der Waals surface area contributed by atoms with Gasteiger partial charge in [0.2, 0.25) is 5.91 Å². The van der Waals surface area contributed by atoms with Gasteiger partial charge in [0, 0.05) is 31.6 Å². The van der Waals surface area contributed by atoms with Crippen LogP contribution in [0.25, 0.3) is 0 Å². The molecule has 0 bridgehead atoms. The van der Waals surface area contributed by atoms with Crippen LogP contribution in [0.4, 0.5) is 0 Å². The third-order valence-electron chi connectivity index (χ3n) is 7.01. The van der Waals surface area contributed by atoms with E-state index in [-0.39, 0.29) is 12.8 Å². The zero-order valence-electron chi connectivity index (χ0n) is 20.7. The lowest BCUT2D eigenvalue weighted by molar-refractivity contribution is -0.143. The molecule has 2 heterocycles. The van der Waals surface area contributed by atoms with E-state index in [9.17, 15) is 24.3 Å². The van der Waals surface area contributed by atoms with Gasteiger partial charge in [0.05, 0.1) is 18.7 Å². The van der Waals surface area contributed by atoms with Crippen LogP contribution in [-0.4, -0.2) is 64.5 Å². The van der Waals surface area contributed by atoms with Crippen molar-refractivity contribution in [1.29, 1.82) is 0 Å². The molecule has 10 nitrogen and oxygen atoms in total. The minimum atomic E-state index is -0.808. The molecule has 0 aliphatic carbocycles. The number of aliphatic carboxylic acids is 1. The molecule has 1 fully saturated rings. The summed E-state index contributed by atoms with van der Waals surface area (Å²) < 4.78 is 10.4. The number of nitrogens with two attached hydrogens (primary N) is 1. The Bertz CT molecular complexity index is 1180. The first-order valence-corrected chi connectivity index (χ1v) is 12.3. The molecule has 0 spiro atoms. The van der Waals surface area contributed by atoms with E-state index < -0.39 is 35.9 Å². The Balaban J connectivity index is 1.41. The van der Waals surface area contributed by atoms with Crippen molar-refractivity contribution in [2.45, 2.75) is 57.4 Å². The van der Waals surface area contributed by atoms with E-state index in [1.165, 1.54) is 7.11 Å². The Kier molecular flexibility index (Phi) is 8.20. The van der Waals surface area contributed by atoms with Crippen LogP contribution in [0.3, 0.4) is 0 Å². The van der Waals surface area contributed by atoms with E-state index in [1.807, 2.05) is 28.0 Å². The van der Waals surface area contributed by atoms with E-state index in [0.29, 0.717) is 37.4 Å². The molecule has 2 aliphatic heterocycles. The van der Waals surface area contributed by atoms with Crippen molar-refractivity contribution in [2.75, 3.05) is 13.7 Å². The van der Waals surface area contributed by atoms with Crippen molar-refractivity contribution in [3.8, 4) is 5.75 Å². The summed E-state index contributed by atoms with van der Waals surface area (Å²) in [6.07, 6.45) is 1.81. The van der Waals surface area contributed by atoms with Crippen LogP contribution in [0, 0.1) is 0 Å². The molecule has 2 unspecified atom stereocenters. The molecule has 2 aliphatic rings. The first kappa shape index (κ1) is 26.3. The number of carbonyl (C=O) groups excluding carboxylic acids is 3. The molecule has 1 saturated heterocycles. The SMILES string of the molecule is COC(=O)CCC(C(N)=O)N1Cc2cccc(OC(=O)c3ccc(CN4CCCC4C(=O)O)cc3)c2C1. The largest absolute Gasteiger partial charge is 0.480 e. The number of likely N-dealkylation sites (tertiary alicyclic amines) is 1. The number of nitrogens with zero attached hydrogens (tertiary/aromatic N) is 2. The lowest BCUT2D eigenvalue weighted by Crippen LogP contribution is -2.42. The van der Waals surface area contributed by atoms with Gasteiger partial charge in [-0.1, -0.05) is 24.3 Å². The Morgan fingerprint density at radius 3 is 2.54 bits per heavy atom. The van der Waals surface area contributed by atoms with Crippen LogP contribution in [0.15, 0.2) is 42.5 Å². The first-order chi connectivity index (χ1) is 17.8. The molecule has 2 atom stereocenters. The van der Waals surface area contributed by atoms with Crippen LogP contribution in [0.1, 0.15) is 52.7 Å². The molecule has 1 amide bonds. The maximum Gasteiger partial charge on any atom is 0.343 e. The Morgan fingerprint density at radius 2 is 1.86 bits per heavy atom. The Morgan fingerprint density at radius 1 is 1.11 bits per heavy atom. The smallest absolute Gasteiger partial charge is 0.343 e. The third kappa shape index (κ3) is 6.15. The number of methoxy groups -OCH3 is 1. The quantitative estimate of drug-likeness (QED) is 0.364. The van der Waals surface area contributed by atoms with Crippen LogP contribution in [0.5, 0.6) is 5.75 Å². The molecule has 0 saturated carbocycles. The molecule has 37 heavy (non-hydrogen) atoms. The molecule has 0 radical (unpaired) electrons. The van der Waals surface area contributed by atoms with Crippen molar-refractivity contribution in [1.82, 2.24) is 9.80 Å². The molecule has 3 N–H and O–H groups in total. The fourth-order valence-corrected chi connectivity index (χ4v) is 5.03. The van der Waals surface area contributed by atoms with Gasteiger partial charge in [-0.25, -0.2) is 4.79 Å². The summed E-state index contributed by atoms with van der Waals surface area (Å²) in [4.78, 5) is 51.7. The van der Waals surface area contributed by atoms with Gasteiger partial charge in [0.1, 0.15) is 11.8 Å². The van der Waals surface area contributed by atoms with Gasteiger partial charge < -0.3 is 20.3 Å². The normalized spacial score (nSPS) is 18.2. The predicted octanol–water partition coefficient (Wildman–Crippen LogP) is 2.08. The summed E-state index contributed by atoms with van der Waals surface area (Å²) in [6, 6.07) is 11.2. The zero-order chi connectivity index (χ0) is 26.5. The van der Waals surface area contributed by atoms with Gasteiger partial charge in [0.25, 0.3) is 0 Å². The molecular weight excluding hydrogens is 478 g/mol. The maximum absolute atomic E-state index is 12.9. The molecule has 10 heteroatoms. The van der Waals surface area contributed by atoms with Crippen LogP contribution in [-0.2, 0) is 38.8 Å². The third-order valence-corrected chi connectivity index (χ3v) is 7.01. The number of primary amides is 1. The van der Waals surface area contributed by atoms with E-state index in [1.54, 1.807) is 24.3 Å².